The molecule has 1 fully saturated rings. The molecule has 7 heteroatoms. The topological polar surface area (TPSA) is 104 Å². The van der Waals surface area contributed by atoms with E-state index < -0.39 is 17.9 Å². The average molecular weight is 271 g/mol. The highest BCUT2D eigenvalue weighted by atomic mass is 16.4. The maximum Gasteiger partial charge on any atom is 0.323 e. The number of likely N-dealkylation sites (N-methyl/N-ethyl adjacent to an activating group) is 1. The van der Waals surface area contributed by atoms with Crippen molar-refractivity contribution < 1.29 is 19.5 Å². The molecule has 0 radical (unpaired) electrons. The van der Waals surface area contributed by atoms with Crippen LogP contribution >= 0.6 is 0 Å². The van der Waals surface area contributed by atoms with Gasteiger partial charge < -0.3 is 20.6 Å². The highest BCUT2D eigenvalue weighted by Gasteiger charge is 2.31. The Balaban J connectivity index is 2.78. The Hall–Kier alpha value is -1.79. The van der Waals surface area contributed by atoms with Gasteiger partial charge in [0.15, 0.2) is 0 Å². The minimum absolute atomic E-state index is 0.0113. The second kappa shape index (κ2) is 6.96. The van der Waals surface area contributed by atoms with Crippen LogP contribution in [0.4, 0.5) is 4.79 Å². The van der Waals surface area contributed by atoms with Gasteiger partial charge in [0.25, 0.3) is 0 Å². The molecule has 1 rings (SSSR count). The van der Waals surface area contributed by atoms with E-state index in [1.54, 1.807) is 6.92 Å². The SMILES string of the molecule is CCN(CC(=O)O)C(=O)N(CC(N)=O)C1CCCC1. The summed E-state index contributed by atoms with van der Waals surface area (Å²) < 4.78 is 0. The normalized spacial score (nSPS) is 15.2. The van der Waals surface area contributed by atoms with Crippen molar-refractivity contribution in [3.8, 4) is 0 Å². The van der Waals surface area contributed by atoms with Crippen molar-refractivity contribution in [2.75, 3.05) is 19.6 Å². The number of carbonyl (C=O) groups excluding carboxylic acids is 2. The number of carboxylic acid groups (broad SMARTS) is 1. The Morgan fingerprint density at radius 1 is 1.21 bits per heavy atom. The van der Waals surface area contributed by atoms with Crippen LogP contribution in [-0.4, -0.2) is 58.5 Å². The lowest BCUT2D eigenvalue weighted by atomic mass is 10.2. The second-order valence-electron chi connectivity index (χ2n) is 4.72. The number of rotatable bonds is 6. The predicted octanol–water partition coefficient (Wildman–Crippen LogP) is 0.243. The van der Waals surface area contributed by atoms with Gasteiger partial charge >= 0.3 is 12.0 Å². The van der Waals surface area contributed by atoms with Crippen LogP contribution in [0.2, 0.25) is 0 Å². The fourth-order valence-electron chi connectivity index (χ4n) is 2.40. The zero-order valence-corrected chi connectivity index (χ0v) is 11.2. The molecule has 0 aromatic rings. The first kappa shape index (κ1) is 15.3. The van der Waals surface area contributed by atoms with Gasteiger partial charge in [-0.3, -0.25) is 9.59 Å². The van der Waals surface area contributed by atoms with Crippen molar-refractivity contribution in [3.63, 3.8) is 0 Å². The zero-order chi connectivity index (χ0) is 14.4. The Morgan fingerprint density at radius 2 is 1.79 bits per heavy atom. The predicted molar refractivity (Wildman–Crippen MR) is 68.4 cm³/mol. The Morgan fingerprint density at radius 3 is 2.21 bits per heavy atom. The summed E-state index contributed by atoms with van der Waals surface area (Å²) in [5, 5.41) is 8.79. The fraction of sp³-hybridized carbons (Fsp3) is 0.750. The van der Waals surface area contributed by atoms with Crippen LogP contribution < -0.4 is 5.73 Å². The molecule has 0 bridgehead atoms. The number of primary amides is 1. The van der Waals surface area contributed by atoms with Gasteiger partial charge in [-0.1, -0.05) is 12.8 Å². The molecule has 0 unspecified atom stereocenters. The Bertz CT molecular complexity index is 353. The summed E-state index contributed by atoms with van der Waals surface area (Å²) in [5.74, 6) is -1.65. The summed E-state index contributed by atoms with van der Waals surface area (Å²) in [6.07, 6.45) is 3.70. The van der Waals surface area contributed by atoms with E-state index >= 15 is 0 Å². The molecular weight excluding hydrogens is 250 g/mol. The highest BCUT2D eigenvalue weighted by Crippen LogP contribution is 2.24. The molecule has 108 valence electrons. The maximum atomic E-state index is 12.3. The summed E-state index contributed by atoms with van der Waals surface area (Å²) >= 11 is 0. The van der Waals surface area contributed by atoms with Crippen LogP contribution in [0.1, 0.15) is 32.6 Å². The van der Waals surface area contributed by atoms with E-state index in [1.807, 2.05) is 0 Å². The molecule has 3 amide bonds. The van der Waals surface area contributed by atoms with Crippen molar-refractivity contribution >= 4 is 17.9 Å². The van der Waals surface area contributed by atoms with Crippen molar-refractivity contribution in [3.05, 3.63) is 0 Å². The van der Waals surface area contributed by atoms with Crippen molar-refractivity contribution in [2.24, 2.45) is 5.73 Å². The molecule has 1 saturated carbocycles. The molecule has 0 aromatic carbocycles. The number of nitrogens with two attached hydrogens (primary N) is 1. The molecule has 3 N–H and O–H groups in total. The van der Waals surface area contributed by atoms with Crippen LogP contribution in [0.3, 0.4) is 0 Å². The van der Waals surface area contributed by atoms with E-state index in [2.05, 4.69) is 0 Å². The summed E-state index contributed by atoms with van der Waals surface area (Å²) in [6.45, 7) is 1.47. The van der Waals surface area contributed by atoms with E-state index in [0.29, 0.717) is 0 Å². The van der Waals surface area contributed by atoms with E-state index in [1.165, 1.54) is 9.80 Å². The van der Waals surface area contributed by atoms with Gasteiger partial charge in [-0.25, -0.2) is 4.79 Å². The smallest absolute Gasteiger partial charge is 0.323 e. The Kier molecular flexibility index (Phi) is 5.59. The summed E-state index contributed by atoms with van der Waals surface area (Å²) in [6, 6.07) is -0.432. The molecule has 7 nitrogen and oxygen atoms in total. The minimum atomic E-state index is -1.07. The number of carbonyl (C=O) groups is 3. The lowest BCUT2D eigenvalue weighted by Gasteiger charge is -2.32. The summed E-state index contributed by atoms with van der Waals surface area (Å²) in [5.41, 5.74) is 5.17. The van der Waals surface area contributed by atoms with Gasteiger partial charge in [0.05, 0.1) is 0 Å². The lowest BCUT2D eigenvalue weighted by molar-refractivity contribution is -0.137. The van der Waals surface area contributed by atoms with Crippen molar-refractivity contribution in [1.82, 2.24) is 9.80 Å². The third-order valence-electron chi connectivity index (χ3n) is 3.32. The first-order chi connectivity index (χ1) is 8.95. The number of nitrogens with zero attached hydrogens (tertiary/aromatic N) is 2. The fourth-order valence-corrected chi connectivity index (χ4v) is 2.40. The molecule has 0 heterocycles. The van der Waals surface area contributed by atoms with Gasteiger partial charge in [-0.2, -0.15) is 0 Å². The van der Waals surface area contributed by atoms with E-state index in [9.17, 15) is 14.4 Å². The molecule has 0 atom stereocenters. The van der Waals surface area contributed by atoms with Crippen LogP contribution in [0.15, 0.2) is 0 Å². The molecule has 1 aliphatic rings. The largest absolute Gasteiger partial charge is 0.480 e. The first-order valence-electron chi connectivity index (χ1n) is 6.51. The number of hydrogen-bond acceptors (Lipinski definition) is 3. The number of aliphatic carboxylic acids is 1. The zero-order valence-electron chi connectivity index (χ0n) is 11.2. The molecule has 0 aromatic heterocycles. The monoisotopic (exact) mass is 271 g/mol. The van der Waals surface area contributed by atoms with E-state index in [-0.39, 0.29) is 25.7 Å². The number of urea groups is 1. The van der Waals surface area contributed by atoms with Gasteiger partial charge in [-0.15, -0.1) is 0 Å². The molecule has 1 aliphatic carbocycles. The first-order valence-corrected chi connectivity index (χ1v) is 6.51. The minimum Gasteiger partial charge on any atom is -0.480 e. The average Bonchev–Trinajstić information content (AvgIpc) is 2.85. The third-order valence-corrected chi connectivity index (χ3v) is 3.32. The van der Waals surface area contributed by atoms with Gasteiger partial charge in [-0.05, 0) is 19.8 Å². The highest BCUT2D eigenvalue weighted by molar-refractivity contribution is 5.85. The van der Waals surface area contributed by atoms with Crippen LogP contribution in [0.25, 0.3) is 0 Å². The van der Waals surface area contributed by atoms with Crippen LogP contribution in [-0.2, 0) is 9.59 Å². The lowest BCUT2D eigenvalue weighted by Crippen LogP contribution is -2.51. The van der Waals surface area contributed by atoms with Crippen LogP contribution in [0, 0.1) is 0 Å². The maximum absolute atomic E-state index is 12.3. The third kappa shape index (κ3) is 4.42. The number of amides is 3. The number of carboxylic acids is 1. The Labute approximate surface area is 112 Å². The molecular formula is C12H21N3O4. The molecule has 0 aliphatic heterocycles. The van der Waals surface area contributed by atoms with E-state index in [0.717, 1.165) is 25.7 Å². The van der Waals surface area contributed by atoms with Crippen molar-refractivity contribution in [1.29, 1.82) is 0 Å². The number of hydrogen-bond donors (Lipinski definition) is 2. The van der Waals surface area contributed by atoms with Crippen molar-refractivity contribution in [2.45, 2.75) is 38.6 Å². The van der Waals surface area contributed by atoms with Crippen LogP contribution in [0.5, 0.6) is 0 Å². The van der Waals surface area contributed by atoms with Gasteiger partial charge in [0, 0.05) is 12.6 Å². The molecule has 19 heavy (non-hydrogen) atoms. The standard InChI is InChI=1S/C12H21N3O4/c1-2-14(8-11(17)18)12(19)15(7-10(13)16)9-5-3-4-6-9/h9H,2-8H2,1H3,(H2,13,16)(H,17,18). The second-order valence-corrected chi connectivity index (χ2v) is 4.72. The quantitative estimate of drug-likeness (QED) is 0.722. The molecule has 0 spiro atoms. The summed E-state index contributed by atoms with van der Waals surface area (Å²) in [7, 11) is 0. The molecule has 0 saturated heterocycles. The summed E-state index contributed by atoms with van der Waals surface area (Å²) in [4.78, 5) is 36.8. The van der Waals surface area contributed by atoms with Gasteiger partial charge in [0.2, 0.25) is 5.91 Å². The van der Waals surface area contributed by atoms with Gasteiger partial charge in [0.1, 0.15) is 13.1 Å². The van der Waals surface area contributed by atoms with E-state index in [4.69, 9.17) is 10.8 Å².